The quantitative estimate of drug-likeness (QED) is 0.211. The van der Waals surface area contributed by atoms with Gasteiger partial charge in [-0.1, -0.05) is 64.7 Å². The Bertz CT molecular complexity index is 635. The molecule has 0 aromatic rings. The Labute approximate surface area is 201 Å². The number of nitrogens with two attached hydrogens (primary N) is 2. The summed E-state index contributed by atoms with van der Waals surface area (Å²) >= 11 is 0. The van der Waals surface area contributed by atoms with Crippen LogP contribution in [-0.2, 0) is 0 Å². The second-order valence-corrected chi connectivity index (χ2v) is 9.06. The Balaban J connectivity index is 2.27. The van der Waals surface area contributed by atoms with Crippen LogP contribution in [-0.4, -0.2) is 97.3 Å². The van der Waals surface area contributed by atoms with Gasteiger partial charge in [0.15, 0.2) is 11.9 Å². The average Bonchev–Trinajstić information content (AvgIpc) is 2.79. The number of hydrogen-bond donors (Lipinski definition) is 4. The van der Waals surface area contributed by atoms with E-state index in [1.165, 1.54) is 57.8 Å². The van der Waals surface area contributed by atoms with Crippen LogP contribution in [0.4, 0.5) is 0 Å². The van der Waals surface area contributed by atoms with Crippen LogP contribution in [0.2, 0.25) is 0 Å². The Hall–Kier alpha value is -2.52. The maximum Gasteiger partial charge on any atom is 0.221 e. The number of aliphatic imine (C=N–C) groups is 2. The first-order chi connectivity index (χ1) is 15.8. The zero-order chi connectivity index (χ0) is 24.6. The van der Waals surface area contributed by atoms with E-state index in [1.54, 1.807) is 19.0 Å². The zero-order valence-corrected chi connectivity index (χ0v) is 21.4. The second kappa shape index (κ2) is 16.1. The maximum atomic E-state index is 8.31. The first kappa shape index (κ1) is 28.5. The lowest BCUT2D eigenvalue weighted by atomic mass is 10.1. The van der Waals surface area contributed by atoms with Crippen molar-refractivity contribution in [1.29, 1.82) is 10.8 Å². The van der Waals surface area contributed by atoms with Crippen molar-refractivity contribution in [1.82, 2.24) is 19.6 Å². The molecule has 0 spiro atoms. The van der Waals surface area contributed by atoms with Crippen LogP contribution in [0.25, 0.3) is 0 Å². The first-order valence-corrected chi connectivity index (χ1v) is 12.5. The molecule has 0 atom stereocenters. The molecule has 6 N–H and O–H groups in total. The molecule has 1 aliphatic heterocycles. The number of nitrogens with zero attached hydrogens (tertiary/aromatic N) is 6. The summed E-state index contributed by atoms with van der Waals surface area (Å²) in [5.41, 5.74) is 12.2. The van der Waals surface area contributed by atoms with Gasteiger partial charge < -0.3 is 31.1 Å². The molecule has 1 saturated heterocycles. The first-order valence-electron chi connectivity index (χ1n) is 12.5. The topological polar surface area (TPSA) is 137 Å². The molecule has 1 heterocycles. The van der Waals surface area contributed by atoms with Gasteiger partial charge in [-0.15, -0.1) is 0 Å². The fourth-order valence-electron chi connectivity index (χ4n) is 3.64. The van der Waals surface area contributed by atoms with E-state index in [9.17, 15) is 0 Å². The number of piperazine rings is 1. The van der Waals surface area contributed by atoms with Gasteiger partial charge in [-0.2, -0.15) is 9.98 Å². The average molecular weight is 465 g/mol. The SMILES string of the molecule is CCCCCCCCCCCCN(C)C(N)=NC(=N)N1CCN(C(N)=NC(=N)N(C)C)CC1. The van der Waals surface area contributed by atoms with Crippen LogP contribution in [0.15, 0.2) is 9.98 Å². The summed E-state index contributed by atoms with van der Waals surface area (Å²) in [6.07, 6.45) is 13.1. The van der Waals surface area contributed by atoms with Crippen LogP contribution in [0, 0.1) is 10.8 Å². The fraction of sp³-hybridized carbons (Fsp3) is 0.826. The normalized spacial score (nSPS) is 15.0. The van der Waals surface area contributed by atoms with Gasteiger partial charge in [0.05, 0.1) is 0 Å². The highest BCUT2D eigenvalue weighted by Gasteiger charge is 2.21. The number of rotatable bonds is 11. The molecular formula is C23H48N10. The molecule has 10 nitrogen and oxygen atoms in total. The maximum absolute atomic E-state index is 8.31. The van der Waals surface area contributed by atoms with Crippen molar-refractivity contribution in [2.45, 2.75) is 71.1 Å². The van der Waals surface area contributed by atoms with Crippen LogP contribution in [0.5, 0.6) is 0 Å². The Morgan fingerprint density at radius 2 is 1.24 bits per heavy atom. The van der Waals surface area contributed by atoms with Crippen molar-refractivity contribution in [3.8, 4) is 0 Å². The van der Waals surface area contributed by atoms with Crippen LogP contribution >= 0.6 is 0 Å². The summed E-state index contributed by atoms with van der Waals surface area (Å²) in [5, 5.41) is 16.1. The van der Waals surface area contributed by atoms with Gasteiger partial charge in [-0.05, 0) is 6.42 Å². The Kier molecular flexibility index (Phi) is 14.0. The summed E-state index contributed by atoms with van der Waals surface area (Å²) in [7, 11) is 5.46. The third kappa shape index (κ3) is 11.8. The fourth-order valence-corrected chi connectivity index (χ4v) is 3.64. The van der Waals surface area contributed by atoms with Crippen molar-refractivity contribution >= 4 is 23.8 Å². The minimum atomic E-state index is 0.116. The smallest absolute Gasteiger partial charge is 0.221 e. The van der Waals surface area contributed by atoms with Gasteiger partial charge in [0.2, 0.25) is 11.9 Å². The summed E-state index contributed by atoms with van der Waals surface area (Å²) in [6.45, 7) is 5.60. The lowest BCUT2D eigenvalue weighted by Gasteiger charge is -2.35. The van der Waals surface area contributed by atoms with E-state index in [2.05, 4.69) is 16.9 Å². The van der Waals surface area contributed by atoms with E-state index >= 15 is 0 Å². The Morgan fingerprint density at radius 1 is 0.758 bits per heavy atom. The predicted octanol–water partition coefficient (Wildman–Crippen LogP) is 2.52. The van der Waals surface area contributed by atoms with E-state index in [-0.39, 0.29) is 11.9 Å². The molecule has 0 aliphatic carbocycles. The molecular weight excluding hydrogens is 416 g/mol. The van der Waals surface area contributed by atoms with Crippen molar-refractivity contribution < 1.29 is 0 Å². The largest absolute Gasteiger partial charge is 0.369 e. The van der Waals surface area contributed by atoms with E-state index in [0.29, 0.717) is 38.1 Å². The highest BCUT2D eigenvalue weighted by molar-refractivity contribution is 5.93. The van der Waals surface area contributed by atoms with E-state index < -0.39 is 0 Å². The number of hydrogen-bond acceptors (Lipinski definition) is 2. The number of nitrogens with one attached hydrogen (secondary N) is 2. The molecule has 0 amide bonds. The molecule has 0 aromatic heterocycles. The standard InChI is InChI=1S/C23H48N10/c1-5-6-7-8-9-10-11-12-13-14-15-31(4)21(25)29-23(27)33-18-16-32(17-19-33)22(26)28-20(24)30(2)3/h5-19H2,1-4H3,(H3,24,26,28)(H3,25,27,29). The zero-order valence-electron chi connectivity index (χ0n) is 21.4. The third-order valence-corrected chi connectivity index (χ3v) is 6.01. The summed E-state index contributed by atoms with van der Waals surface area (Å²) in [6, 6.07) is 0. The molecule has 190 valence electrons. The van der Waals surface area contributed by atoms with Gasteiger partial charge >= 0.3 is 0 Å². The predicted molar refractivity (Wildman–Crippen MR) is 140 cm³/mol. The monoisotopic (exact) mass is 464 g/mol. The Morgan fingerprint density at radius 3 is 1.76 bits per heavy atom. The minimum absolute atomic E-state index is 0.116. The van der Waals surface area contributed by atoms with Gasteiger partial charge in [0, 0.05) is 53.9 Å². The molecule has 0 saturated carbocycles. The summed E-state index contributed by atoms with van der Waals surface area (Å²) in [5.74, 6) is 1.02. The molecule has 1 rings (SSSR count). The van der Waals surface area contributed by atoms with Crippen LogP contribution in [0.3, 0.4) is 0 Å². The highest BCUT2D eigenvalue weighted by atomic mass is 15.4. The highest BCUT2D eigenvalue weighted by Crippen LogP contribution is 2.11. The minimum Gasteiger partial charge on any atom is -0.369 e. The van der Waals surface area contributed by atoms with Crippen molar-refractivity contribution in [3.63, 3.8) is 0 Å². The molecule has 0 unspecified atom stereocenters. The van der Waals surface area contributed by atoms with Gasteiger partial charge in [0.25, 0.3) is 0 Å². The molecule has 0 aromatic carbocycles. The van der Waals surface area contributed by atoms with E-state index in [0.717, 1.165) is 13.0 Å². The molecule has 33 heavy (non-hydrogen) atoms. The van der Waals surface area contributed by atoms with E-state index in [4.69, 9.17) is 22.3 Å². The third-order valence-electron chi connectivity index (χ3n) is 6.01. The summed E-state index contributed by atoms with van der Waals surface area (Å²) in [4.78, 5) is 15.8. The van der Waals surface area contributed by atoms with Gasteiger partial charge in [-0.25, -0.2) is 0 Å². The van der Waals surface area contributed by atoms with Crippen LogP contribution in [0.1, 0.15) is 71.1 Å². The second-order valence-electron chi connectivity index (χ2n) is 9.06. The lowest BCUT2D eigenvalue weighted by molar-refractivity contribution is 0.254. The lowest BCUT2D eigenvalue weighted by Crippen LogP contribution is -2.53. The van der Waals surface area contributed by atoms with Crippen molar-refractivity contribution in [3.05, 3.63) is 0 Å². The van der Waals surface area contributed by atoms with Crippen molar-refractivity contribution in [2.24, 2.45) is 21.5 Å². The number of guanidine groups is 4. The molecule has 0 bridgehead atoms. The molecule has 1 fully saturated rings. The summed E-state index contributed by atoms with van der Waals surface area (Å²) < 4.78 is 0. The van der Waals surface area contributed by atoms with Gasteiger partial charge in [-0.3, -0.25) is 10.8 Å². The van der Waals surface area contributed by atoms with E-state index in [1.807, 2.05) is 21.7 Å². The number of unbranched alkanes of at least 4 members (excludes halogenated alkanes) is 9. The molecule has 0 radical (unpaired) electrons. The molecule has 10 heteroatoms. The molecule has 1 aliphatic rings. The van der Waals surface area contributed by atoms with Gasteiger partial charge in [0.1, 0.15) is 0 Å². The van der Waals surface area contributed by atoms with Crippen LogP contribution < -0.4 is 11.5 Å². The van der Waals surface area contributed by atoms with Crippen molar-refractivity contribution in [2.75, 3.05) is 53.9 Å².